The van der Waals surface area contributed by atoms with E-state index in [1.54, 1.807) is 0 Å². The number of fused-ring (bicyclic) bond motifs is 5. The van der Waals surface area contributed by atoms with E-state index in [1.807, 2.05) is 0 Å². The molecular weight excluding hydrogens is 364 g/mol. The molecule has 30 heavy (non-hydrogen) atoms. The van der Waals surface area contributed by atoms with Gasteiger partial charge < -0.3 is 5.11 Å². The Hall–Kier alpha value is -0.0400. The largest absolute Gasteiger partial charge is 0.393 e. The zero-order valence-electron chi connectivity index (χ0n) is 20.7. The maximum Gasteiger partial charge on any atom is 0.0543 e. The number of hydrogen-bond acceptors (Lipinski definition) is 1. The van der Waals surface area contributed by atoms with Crippen molar-refractivity contribution in [2.75, 3.05) is 0 Å². The van der Waals surface area contributed by atoms with Crippen LogP contribution in [0, 0.1) is 64.1 Å². The van der Waals surface area contributed by atoms with Crippen LogP contribution in [0.15, 0.2) is 0 Å². The van der Waals surface area contributed by atoms with Crippen LogP contribution in [-0.4, -0.2) is 11.2 Å². The summed E-state index contributed by atoms with van der Waals surface area (Å²) < 4.78 is 0. The van der Waals surface area contributed by atoms with E-state index in [0.717, 1.165) is 66.1 Å². The van der Waals surface area contributed by atoms with Crippen LogP contribution in [0.25, 0.3) is 0 Å². The summed E-state index contributed by atoms with van der Waals surface area (Å²) in [7, 11) is 0. The molecular formula is C29H50O. The van der Waals surface area contributed by atoms with Crippen molar-refractivity contribution in [3.63, 3.8) is 0 Å². The first-order valence-electron chi connectivity index (χ1n) is 13.9. The van der Waals surface area contributed by atoms with Crippen LogP contribution in [0.2, 0.25) is 0 Å². The van der Waals surface area contributed by atoms with Crippen LogP contribution < -0.4 is 0 Å². The lowest BCUT2D eigenvalue weighted by atomic mass is 9.44. The summed E-state index contributed by atoms with van der Waals surface area (Å²) in [6.07, 6.45) is 16.8. The molecule has 4 unspecified atom stereocenters. The average molecular weight is 415 g/mol. The molecule has 0 aromatic heterocycles. The second-order valence-electron chi connectivity index (χ2n) is 13.7. The second kappa shape index (κ2) is 7.78. The molecule has 5 aliphatic carbocycles. The Morgan fingerprint density at radius 1 is 0.800 bits per heavy atom. The van der Waals surface area contributed by atoms with Gasteiger partial charge in [0.15, 0.2) is 0 Å². The number of aliphatic hydroxyl groups is 1. The summed E-state index contributed by atoms with van der Waals surface area (Å²) in [6.45, 7) is 13.0. The molecule has 0 heterocycles. The Labute approximate surface area is 187 Å². The SMILES string of the molecule is C[C@H](CC[C@@H](C)[C@@H]1C[C@H]1C)C1CCC2C3CC[C@@H]4C[C@@H](O)CC[C@]4(C)C3CC[C@@]21C. The van der Waals surface area contributed by atoms with Crippen molar-refractivity contribution in [1.82, 2.24) is 0 Å². The van der Waals surface area contributed by atoms with E-state index < -0.39 is 0 Å². The highest BCUT2D eigenvalue weighted by atomic mass is 16.3. The van der Waals surface area contributed by atoms with Gasteiger partial charge in [0.25, 0.3) is 0 Å². The Morgan fingerprint density at radius 3 is 2.20 bits per heavy atom. The Kier molecular flexibility index (Phi) is 5.65. The van der Waals surface area contributed by atoms with Gasteiger partial charge in [0, 0.05) is 0 Å². The van der Waals surface area contributed by atoms with Crippen molar-refractivity contribution in [3.8, 4) is 0 Å². The fourth-order valence-electron chi connectivity index (χ4n) is 10.3. The average Bonchev–Trinajstić information content (AvgIpc) is 3.33. The summed E-state index contributed by atoms with van der Waals surface area (Å²) in [6, 6.07) is 0. The fraction of sp³-hybridized carbons (Fsp3) is 1.00. The molecule has 0 radical (unpaired) electrons. The van der Waals surface area contributed by atoms with E-state index in [1.165, 1.54) is 64.2 Å². The zero-order chi connectivity index (χ0) is 21.3. The smallest absolute Gasteiger partial charge is 0.0543 e. The number of aliphatic hydroxyl groups excluding tert-OH is 1. The van der Waals surface area contributed by atoms with Crippen LogP contribution in [-0.2, 0) is 0 Å². The molecule has 0 aromatic rings. The highest BCUT2D eigenvalue weighted by Crippen LogP contribution is 2.68. The predicted octanol–water partition coefficient (Wildman–Crippen LogP) is 7.71. The van der Waals surface area contributed by atoms with E-state index in [-0.39, 0.29) is 6.10 Å². The van der Waals surface area contributed by atoms with Crippen LogP contribution in [0.4, 0.5) is 0 Å². The zero-order valence-corrected chi connectivity index (χ0v) is 20.7. The lowest BCUT2D eigenvalue weighted by Crippen LogP contribution is -2.54. The van der Waals surface area contributed by atoms with Crippen molar-refractivity contribution in [1.29, 1.82) is 0 Å². The van der Waals surface area contributed by atoms with Gasteiger partial charge in [0.1, 0.15) is 0 Å². The normalized spacial score (nSPS) is 54.6. The van der Waals surface area contributed by atoms with Gasteiger partial charge in [-0.3, -0.25) is 0 Å². The molecule has 5 saturated carbocycles. The van der Waals surface area contributed by atoms with Crippen molar-refractivity contribution in [2.45, 2.75) is 118 Å². The predicted molar refractivity (Wildman–Crippen MR) is 126 cm³/mol. The third-order valence-electron chi connectivity index (χ3n) is 12.4. The third kappa shape index (κ3) is 3.43. The maximum atomic E-state index is 10.3. The molecule has 0 aromatic carbocycles. The molecule has 5 fully saturated rings. The molecule has 172 valence electrons. The Morgan fingerprint density at radius 2 is 1.47 bits per heavy atom. The highest BCUT2D eigenvalue weighted by molar-refractivity contribution is 5.09. The van der Waals surface area contributed by atoms with Gasteiger partial charge in [0.2, 0.25) is 0 Å². The van der Waals surface area contributed by atoms with E-state index in [4.69, 9.17) is 0 Å². The molecule has 0 aliphatic heterocycles. The Bertz CT molecular complexity index is 628. The molecule has 1 nitrogen and oxygen atoms in total. The van der Waals surface area contributed by atoms with Crippen LogP contribution in [0.5, 0.6) is 0 Å². The van der Waals surface area contributed by atoms with Gasteiger partial charge in [-0.15, -0.1) is 0 Å². The molecule has 5 aliphatic rings. The first-order chi connectivity index (χ1) is 14.2. The minimum absolute atomic E-state index is 0.00814. The van der Waals surface area contributed by atoms with Gasteiger partial charge in [-0.05, 0) is 128 Å². The Balaban J connectivity index is 1.26. The molecule has 0 amide bonds. The third-order valence-corrected chi connectivity index (χ3v) is 12.4. The first-order valence-corrected chi connectivity index (χ1v) is 13.9. The maximum absolute atomic E-state index is 10.3. The van der Waals surface area contributed by atoms with E-state index in [0.29, 0.717) is 10.8 Å². The van der Waals surface area contributed by atoms with Gasteiger partial charge in [-0.2, -0.15) is 0 Å². The van der Waals surface area contributed by atoms with Gasteiger partial charge in [-0.25, -0.2) is 0 Å². The second-order valence-corrected chi connectivity index (χ2v) is 13.7. The van der Waals surface area contributed by atoms with Crippen molar-refractivity contribution in [3.05, 3.63) is 0 Å². The van der Waals surface area contributed by atoms with Crippen LogP contribution >= 0.6 is 0 Å². The molecule has 1 heteroatoms. The molecule has 12 atom stereocenters. The lowest BCUT2D eigenvalue weighted by Gasteiger charge is -2.61. The van der Waals surface area contributed by atoms with Gasteiger partial charge >= 0.3 is 0 Å². The topological polar surface area (TPSA) is 20.2 Å². The van der Waals surface area contributed by atoms with E-state index >= 15 is 0 Å². The number of hydrogen-bond donors (Lipinski definition) is 1. The molecule has 1 N–H and O–H groups in total. The van der Waals surface area contributed by atoms with Gasteiger partial charge in [0.05, 0.1) is 6.10 Å². The summed E-state index contributed by atoms with van der Waals surface area (Å²) in [5, 5.41) is 10.3. The molecule has 0 bridgehead atoms. The van der Waals surface area contributed by atoms with Crippen molar-refractivity contribution < 1.29 is 5.11 Å². The van der Waals surface area contributed by atoms with Gasteiger partial charge in [-0.1, -0.05) is 47.5 Å². The summed E-state index contributed by atoms with van der Waals surface area (Å²) in [5.41, 5.74) is 1.15. The fourth-order valence-corrected chi connectivity index (χ4v) is 10.3. The minimum atomic E-state index is -0.00814. The lowest BCUT2D eigenvalue weighted by molar-refractivity contribution is -0.129. The summed E-state index contributed by atoms with van der Waals surface area (Å²) >= 11 is 0. The standard InChI is InChI=1S/C29H50O/c1-18(24-16-20(24)3)6-7-19(2)25-10-11-26-23-9-8-21-17-22(30)12-14-28(21,4)27(23)13-15-29(25,26)5/h18-27,30H,6-17H2,1-5H3/t18-,19-,20-,21-,22+,23?,24+,25?,26?,27?,28+,29-/m1/s1. The van der Waals surface area contributed by atoms with Crippen molar-refractivity contribution >= 4 is 0 Å². The summed E-state index contributed by atoms with van der Waals surface area (Å²) in [5.74, 6) is 8.65. The monoisotopic (exact) mass is 414 g/mol. The quantitative estimate of drug-likeness (QED) is 0.488. The summed E-state index contributed by atoms with van der Waals surface area (Å²) in [4.78, 5) is 0. The van der Waals surface area contributed by atoms with E-state index in [2.05, 4.69) is 34.6 Å². The van der Waals surface area contributed by atoms with E-state index in [9.17, 15) is 5.11 Å². The number of rotatable bonds is 5. The molecule has 0 spiro atoms. The molecule has 5 rings (SSSR count). The molecule has 0 saturated heterocycles. The van der Waals surface area contributed by atoms with Crippen molar-refractivity contribution in [2.24, 2.45) is 64.1 Å². The highest BCUT2D eigenvalue weighted by Gasteiger charge is 2.60. The van der Waals surface area contributed by atoms with Crippen LogP contribution in [0.1, 0.15) is 112 Å². The van der Waals surface area contributed by atoms with Crippen LogP contribution in [0.3, 0.4) is 0 Å². The first kappa shape index (κ1) is 21.8. The minimum Gasteiger partial charge on any atom is -0.393 e.